The van der Waals surface area contributed by atoms with Crippen molar-refractivity contribution in [2.75, 3.05) is 0 Å². The highest BCUT2D eigenvalue weighted by molar-refractivity contribution is 6.31. The van der Waals surface area contributed by atoms with E-state index in [1.165, 1.54) is 0 Å². The third-order valence-electron chi connectivity index (χ3n) is 3.35. The van der Waals surface area contributed by atoms with Gasteiger partial charge in [0.25, 0.3) is 5.91 Å². The minimum Gasteiger partial charge on any atom is -0.391 e. The molecule has 2 atom stereocenters. The highest BCUT2D eigenvalue weighted by Crippen LogP contribution is 2.20. The highest BCUT2D eigenvalue weighted by Gasteiger charge is 2.24. The zero-order valence-electron chi connectivity index (χ0n) is 10.4. The average Bonchev–Trinajstić information content (AvgIpc) is 2.31. The van der Waals surface area contributed by atoms with Crippen LogP contribution in [-0.2, 0) is 0 Å². The zero-order chi connectivity index (χ0) is 13.1. The molecule has 0 aliphatic heterocycles. The molecule has 1 fully saturated rings. The van der Waals surface area contributed by atoms with Crippen LogP contribution in [0.25, 0.3) is 0 Å². The van der Waals surface area contributed by atoms with Gasteiger partial charge in [0.15, 0.2) is 0 Å². The summed E-state index contributed by atoms with van der Waals surface area (Å²) in [5, 5.41) is 13.3. The Balaban J connectivity index is 2.06. The summed E-state index contributed by atoms with van der Waals surface area (Å²) in [6, 6.07) is 5.13. The quantitative estimate of drug-likeness (QED) is 0.866. The van der Waals surface area contributed by atoms with Gasteiger partial charge in [-0.05, 0) is 43.5 Å². The molecule has 1 aliphatic carbocycles. The van der Waals surface area contributed by atoms with Gasteiger partial charge in [-0.1, -0.05) is 24.4 Å². The predicted molar refractivity (Wildman–Crippen MR) is 71.9 cm³/mol. The molecular weight excluding hydrogens is 250 g/mol. The fourth-order valence-corrected chi connectivity index (χ4v) is 2.69. The van der Waals surface area contributed by atoms with E-state index in [0.29, 0.717) is 10.6 Å². The van der Waals surface area contributed by atoms with Crippen molar-refractivity contribution in [1.29, 1.82) is 0 Å². The van der Waals surface area contributed by atoms with Gasteiger partial charge in [-0.3, -0.25) is 4.79 Å². The van der Waals surface area contributed by atoms with E-state index in [1.807, 2.05) is 13.0 Å². The van der Waals surface area contributed by atoms with Gasteiger partial charge in [-0.2, -0.15) is 0 Å². The largest absolute Gasteiger partial charge is 0.391 e. The number of hydrogen-bond acceptors (Lipinski definition) is 2. The Morgan fingerprint density at radius 2 is 2.06 bits per heavy atom. The number of hydrogen-bond donors (Lipinski definition) is 2. The fourth-order valence-electron chi connectivity index (χ4n) is 2.40. The number of carbonyl (C=O) groups excluding carboxylic acids is 1. The summed E-state index contributed by atoms with van der Waals surface area (Å²) in [4.78, 5) is 12.1. The van der Waals surface area contributed by atoms with Gasteiger partial charge < -0.3 is 10.4 Å². The molecule has 2 N–H and O–H groups in total. The Kier molecular flexibility index (Phi) is 4.25. The van der Waals surface area contributed by atoms with E-state index in [2.05, 4.69) is 5.32 Å². The van der Waals surface area contributed by atoms with Gasteiger partial charge in [0.05, 0.1) is 12.1 Å². The maximum absolute atomic E-state index is 12.1. The molecule has 0 unspecified atom stereocenters. The third-order valence-corrected chi connectivity index (χ3v) is 3.57. The Labute approximate surface area is 112 Å². The topological polar surface area (TPSA) is 49.3 Å². The summed E-state index contributed by atoms with van der Waals surface area (Å²) in [7, 11) is 0. The molecule has 2 rings (SSSR count). The first-order chi connectivity index (χ1) is 8.56. The van der Waals surface area contributed by atoms with Gasteiger partial charge in [-0.25, -0.2) is 0 Å². The second-order valence-corrected chi connectivity index (χ2v) is 5.39. The number of nitrogens with one attached hydrogen (secondary N) is 1. The smallest absolute Gasteiger partial charge is 0.251 e. The van der Waals surface area contributed by atoms with E-state index in [-0.39, 0.29) is 11.9 Å². The van der Waals surface area contributed by atoms with E-state index in [0.717, 1.165) is 31.2 Å². The standard InChI is InChI=1S/C14H18ClNO2/c1-9-6-10(8-11(15)7-9)14(18)16-12-4-2-3-5-13(12)17/h6-8,12-13,17H,2-5H2,1H3,(H,16,18)/t12-,13-/m0/s1. The SMILES string of the molecule is Cc1cc(Cl)cc(C(=O)N[C@H]2CCCC[C@@H]2O)c1. The minimum atomic E-state index is -0.428. The van der Waals surface area contributed by atoms with Crippen LogP contribution in [0.1, 0.15) is 41.6 Å². The van der Waals surface area contributed by atoms with Crippen molar-refractivity contribution in [2.24, 2.45) is 0 Å². The van der Waals surface area contributed by atoms with Crippen molar-refractivity contribution < 1.29 is 9.90 Å². The Hall–Kier alpha value is -1.06. The molecule has 98 valence electrons. The normalized spacial score (nSPS) is 23.7. The number of aryl methyl sites for hydroxylation is 1. The number of rotatable bonds is 2. The van der Waals surface area contributed by atoms with Gasteiger partial charge in [-0.15, -0.1) is 0 Å². The van der Waals surface area contributed by atoms with E-state index in [1.54, 1.807) is 12.1 Å². The second kappa shape index (κ2) is 5.72. The minimum absolute atomic E-state index is 0.134. The summed E-state index contributed by atoms with van der Waals surface area (Å²) in [6.07, 6.45) is 3.26. The molecular formula is C14H18ClNO2. The Morgan fingerprint density at radius 1 is 1.33 bits per heavy atom. The van der Waals surface area contributed by atoms with Crippen LogP contribution >= 0.6 is 11.6 Å². The van der Waals surface area contributed by atoms with Crippen molar-refractivity contribution >= 4 is 17.5 Å². The number of carbonyl (C=O) groups is 1. The third kappa shape index (κ3) is 3.24. The molecule has 1 saturated carbocycles. The van der Waals surface area contributed by atoms with E-state index >= 15 is 0 Å². The number of aliphatic hydroxyl groups is 1. The lowest BCUT2D eigenvalue weighted by Crippen LogP contribution is -2.45. The summed E-state index contributed by atoms with van der Waals surface area (Å²) in [5.41, 5.74) is 1.51. The van der Waals surface area contributed by atoms with E-state index in [4.69, 9.17) is 11.6 Å². The van der Waals surface area contributed by atoms with Gasteiger partial charge in [0.2, 0.25) is 0 Å². The Bertz CT molecular complexity index is 427. The summed E-state index contributed by atoms with van der Waals surface area (Å²) < 4.78 is 0. The lowest BCUT2D eigenvalue weighted by molar-refractivity contribution is 0.0717. The fraction of sp³-hybridized carbons (Fsp3) is 0.500. The van der Waals surface area contributed by atoms with Crippen molar-refractivity contribution in [3.8, 4) is 0 Å². The number of amides is 1. The first-order valence-corrected chi connectivity index (χ1v) is 6.70. The van der Waals surface area contributed by atoms with Gasteiger partial charge in [0.1, 0.15) is 0 Å². The summed E-state index contributed by atoms with van der Waals surface area (Å²) in [5.74, 6) is -0.161. The van der Waals surface area contributed by atoms with Crippen LogP contribution in [0.15, 0.2) is 18.2 Å². The molecule has 18 heavy (non-hydrogen) atoms. The highest BCUT2D eigenvalue weighted by atomic mass is 35.5. The van der Waals surface area contributed by atoms with Crippen molar-refractivity contribution in [2.45, 2.75) is 44.8 Å². The second-order valence-electron chi connectivity index (χ2n) is 4.95. The molecule has 1 aromatic rings. The predicted octanol–water partition coefficient (Wildman–Crippen LogP) is 2.68. The maximum Gasteiger partial charge on any atom is 0.251 e. The lowest BCUT2D eigenvalue weighted by Gasteiger charge is -2.28. The molecule has 0 saturated heterocycles. The van der Waals surface area contributed by atoms with Crippen LogP contribution in [0.5, 0.6) is 0 Å². The lowest BCUT2D eigenvalue weighted by atomic mass is 9.92. The van der Waals surface area contributed by atoms with Crippen LogP contribution in [0.4, 0.5) is 0 Å². The van der Waals surface area contributed by atoms with Crippen LogP contribution in [-0.4, -0.2) is 23.2 Å². The van der Waals surface area contributed by atoms with Crippen LogP contribution in [0.2, 0.25) is 5.02 Å². The first-order valence-electron chi connectivity index (χ1n) is 6.32. The van der Waals surface area contributed by atoms with Gasteiger partial charge in [0, 0.05) is 10.6 Å². The number of aliphatic hydroxyl groups excluding tert-OH is 1. The molecule has 1 aliphatic rings. The molecule has 0 heterocycles. The van der Waals surface area contributed by atoms with E-state index < -0.39 is 6.10 Å². The van der Waals surface area contributed by atoms with E-state index in [9.17, 15) is 9.90 Å². The molecule has 0 spiro atoms. The maximum atomic E-state index is 12.1. The average molecular weight is 268 g/mol. The number of halogens is 1. The first kappa shape index (κ1) is 13.4. The van der Waals surface area contributed by atoms with Crippen molar-refractivity contribution in [1.82, 2.24) is 5.32 Å². The molecule has 4 heteroatoms. The van der Waals surface area contributed by atoms with Crippen LogP contribution in [0.3, 0.4) is 0 Å². The van der Waals surface area contributed by atoms with Crippen molar-refractivity contribution in [3.05, 3.63) is 34.3 Å². The van der Waals surface area contributed by atoms with Crippen molar-refractivity contribution in [3.63, 3.8) is 0 Å². The van der Waals surface area contributed by atoms with Crippen LogP contribution in [0, 0.1) is 6.92 Å². The molecule has 0 aromatic heterocycles. The van der Waals surface area contributed by atoms with Crippen LogP contribution < -0.4 is 5.32 Å². The molecule has 0 radical (unpaired) electrons. The van der Waals surface area contributed by atoms with Gasteiger partial charge >= 0.3 is 0 Å². The molecule has 0 bridgehead atoms. The monoisotopic (exact) mass is 267 g/mol. The molecule has 3 nitrogen and oxygen atoms in total. The molecule has 1 aromatic carbocycles. The summed E-state index contributed by atoms with van der Waals surface area (Å²) >= 11 is 5.94. The zero-order valence-corrected chi connectivity index (χ0v) is 11.2. The summed E-state index contributed by atoms with van der Waals surface area (Å²) in [6.45, 7) is 1.90. The Morgan fingerprint density at radius 3 is 2.72 bits per heavy atom. The number of benzene rings is 1. The molecule has 1 amide bonds.